The third-order valence-electron chi connectivity index (χ3n) is 3.13. The Balaban J connectivity index is 1.99. The quantitative estimate of drug-likeness (QED) is 0.726. The summed E-state index contributed by atoms with van der Waals surface area (Å²) in [6.45, 7) is 2.84. The van der Waals surface area contributed by atoms with Crippen molar-refractivity contribution < 1.29 is 4.79 Å². The predicted molar refractivity (Wildman–Crippen MR) is 72.0 cm³/mol. The molecule has 0 spiro atoms. The molecule has 5 heteroatoms. The van der Waals surface area contributed by atoms with Crippen LogP contribution in [0, 0.1) is 0 Å². The fraction of sp³-hybridized carbons (Fsp3) is 0.214. The molecule has 3 aromatic rings. The van der Waals surface area contributed by atoms with Gasteiger partial charge in [-0.2, -0.15) is 0 Å². The molecule has 3 rings (SSSR count). The summed E-state index contributed by atoms with van der Waals surface area (Å²) in [5.74, 6) is 1.12. The number of carbonyl (C=O) groups is 1. The Morgan fingerprint density at radius 3 is 2.95 bits per heavy atom. The van der Waals surface area contributed by atoms with Gasteiger partial charge in [0.15, 0.2) is 5.82 Å². The minimum absolute atomic E-state index is 0.0463. The predicted octanol–water partition coefficient (Wildman–Crippen LogP) is 2.20. The van der Waals surface area contributed by atoms with E-state index in [9.17, 15) is 4.79 Å². The van der Waals surface area contributed by atoms with Gasteiger partial charge in [0.25, 0.3) is 0 Å². The van der Waals surface area contributed by atoms with Gasteiger partial charge in [-0.05, 0) is 19.1 Å². The molecule has 5 nitrogen and oxygen atoms in total. The summed E-state index contributed by atoms with van der Waals surface area (Å²) in [4.78, 5) is 23.4. The van der Waals surface area contributed by atoms with Crippen molar-refractivity contribution in [2.45, 2.75) is 19.9 Å². The lowest BCUT2D eigenvalue weighted by atomic mass is 10.2. The van der Waals surface area contributed by atoms with E-state index in [0.717, 1.165) is 23.4 Å². The van der Waals surface area contributed by atoms with Crippen molar-refractivity contribution in [3.05, 3.63) is 48.3 Å². The number of nitrogens with zero attached hydrogens (tertiary/aromatic N) is 3. The standard InChI is InChI=1S/C14H14N4O/c1-2-18-11-6-4-3-5-10(11)17-13(18)9-12(19)14-15-7-8-16-14/h3-8H,2,9H2,1H3,(H,15,16). The smallest absolute Gasteiger partial charge is 0.205 e. The molecule has 0 amide bonds. The number of hydrogen-bond donors (Lipinski definition) is 1. The number of aryl methyl sites for hydroxylation is 1. The van der Waals surface area contributed by atoms with Gasteiger partial charge in [0.1, 0.15) is 5.82 Å². The van der Waals surface area contributed by atoms with Crippen molar-refractivity contribution >= 4 is 16.8 Å². The number of rotatable bonds is 4. The summed E-state index contributed by atoms with van der Waals surface area (Å²) in [5.41, 5.74) is 1.99. The van der Waals surface area contributed by atoms with Crippen molar-refractivity contribution in [3.8, 4) is 0 Å². The molecule has 0 aliphatic carbocycles. The lowest BCUT2D eigenvalue weighted by molar-refractivity contribution is 0.0981. The Labute approximate surface area is 110 Å². The molecule has 0 aliphatic heterocycles. The monoisotopic (exact) mass is 254 g/mol. The fourth-order valence-electron chi connectivity index (χ4n) is 2.26. The number of hydrogen-bond acceptors (Lipinski definition) is 3. The second-order valence-electron chi connectivity index (χ2n) is 4.30. The molecular formula is C14H14N4O. The van der Waals surface area contributed by atoms with Crippen LogP contribution in [-0.4, -0.2) is 25.3 Å². The molecule has 96 valence electrons. The van der Waals surface area contributed by atoms with Crippen LogP contribution < -0.4 is 0 Å². The number of H-pyrrole nitrogens is 1. The van der Waals surface area contributed by atoms with Crippen molar-refractivity contribution in [1.82, 2.24) is 19.5 Å². The number of carbonyl (C=O) groups excluding carboxylic acids is 1. The summed E-state index contributed by atoms with van der Waals surface area (Å²) < 4.78 is 2.07. The SMILES string of the molecule is CCn1c(CC(=O)c2ncc[nH]2)nc2ccccc21. The van der Waals surface area contributed by atoms with Crippen molar-refractivity contribution in [2.24, 2.45) is 0 Å². The highest BCUT2D eigenvalue weighted by Crippen LogP contribution is 2.16. The Morgan fingerprint density at radius 2 is 2.21 bits per heavy atom. The highest BCUT2D eigenvalue weighted by Gasteiger charge is 2.15. The van der Waals surface area contributed by atoms with Crippen molar-refractivity contribution in [3.63, 3.8) is 0 Å². The number of fused-ring (bicyclic) bond motifs is 1. The first-order chi connectivity index (χ1) is 9.29. The Kier molecular flexibility index (Phi) is 2.87. The number of aromatic amines is 1. The maximum absolute atomic E-state index is 12.1. The zero-order chi connectivity index (χ0) is 13.2. The Bertz CT molecular complexity index is 712. The van der Waals surface area contributed by atoms with Crippen molar-refractivity contribution in [1.29, 1.82) is 0 Å². The molecular weight excluding hydrogens is 240 g/mol. The molecule has 0 aliphatic rings. The number of imidazole rings is 2. The van der Waals surface area contributed by atoms with E-state index in [1.165, 1.54) is 0 Å². The third-order valence-corrected chi connectivity index (χ3v) is 3.13. The molecule has 0 radical (unpaired) electrons. The van der Waals surface area contributed by atoms with Crippen LogP contribution in [-0.2, 0) is 13.0 Å². The van der Waals surface area contributed by atoms with E-state index < -0.39 is 0 Å². The highest BCUT2D eigenvalue weighted by atomic mass is 16.1. The van der Waals surface area contributed by atoms with Crippen LogP contribution in [0.5, 0.6) is 0 Å². The summed E-state index contributed by atoms with van der Waals surface area (Å²) >= 11 is 0. The van der Waals surface area contributed by atoms with Gasteiger partial charge >= 0.3 is 0 Å². The van der Waals surface area contributed by atoms with E-state index >= 15 is 0 Å². The van der Waals surface area contributed by atoms with Gasteiger partial charge in [0, 0.05) is 18.9 Å². The van der Waals surface area contributed by atoms with Crippen LogP contribution in [0.25, 0.3) is 11.0 Å². The molecule has 1 aromatic carbocycles. The number of aromatic nitrogens is 4. The number of ketones is 1. The van der Waals surface area contributed by atoms with Gasteiger partial charge < -0.3 is 9.55 Å². The molecule has 2 aromatic heterocycles. The molecule has 1 N–H and O–H groups in total. The maximum Gasteiger partial charge on any atom is 0.205 e. The summed E-state index contributed by atoms with van der Waals surface area (Å²) in [5, 5.41) is 0. The topological polar surface area (TPSA) is 63.6 Å². The first kappa shape index (κ1) is 11.6. The molecule has 0 unspecified atom stereocenters. The minimum Gasteiger partial charge on any atom is -0.342 e. The van der Waals surface area contributed by atoms with Crippen LogP contribution in [0.15, 0.2) is 36.7 Å². The summed E-state index contributed by atoms with van der Waals surface area (Å²) in [6.07, 6.45) is 3.49. The number of benzene rings is 1. The van der Waals surface area contributed by atoms with E-state index in [0.29, 0.717) is 5.82 Å². The van der Waals surface area contributed by atoms with E-state index in [1.807, 2.05) is 24.3 Å². The van der Waals surface area contributed by atoms with E-state index in [1.54, 1.807) is 12.4 Å². The van der Waals surface area contributed by atoms with Crippen molar-refractivity contribution in [2.75, 3.05) is 0 Å². The lowest BCUT2D eigenvalue weighted by Crippen LogP contribution is -2.11. The van der Waals surface area contributed by atoms with Gasteiger partial charge in [-0.15, -0.1) is 0 Å². The molecule has 0 atom stereocenters. The van der Waals surface area contributed by atoms with E-state index in [-0.39, 0.29) is 12.2 Å². The molecule has 19 heavy (non-hydrogen) atoms. The number of Topliss-reactive ketones (excluding diaryl/α,β-unsaturated/α-hetero) is 1. The maximum atomic E-state index is 12.1. The number of nitrogens with one attached hydrogen (secondary N) is 1. The van der Waals surface area contributed by atoms with Crippen LogP contribution in [0.4, 0.5) is 0 Å². The van der Waals surface area contributed by atoms with Gasteiger partial charge in [-0.25, -0.2) is 9.97 Å². The van der Waals surface area contributed by atoms with Gasteiger partial charge in [0.05, 0.1) is 17.5 Å². The Hall–Kier alpha value is -2.43. The van der Waals surface area contributed by atoms with Gasteiger partial charge in [0.2, 0.25) is 5.78 Å². The lowest BCUT2D eigenvalue weighted by Gasteiger charge is -2.04. The zero-order valence-electron chi connectivity index (χ0n) is 10.6. The molecule has 0 bridgehead atoms. The Morgan fingerprint density at radius 1 is 1.37 bits per heavy atom. The normalized spacial score (nSPS) is 11.0. The summed E-state index contributed by atoms with van der Waals surface area (Å²) in [6, 6.07) is 7.91. The average Bonchev–Trinajstić information content (AvgIpc) is 3.05. The van der Waals surface area contributed by atoms with Gasteiger partial charge in [-0.1, -0.05) is 12.1 Å². The fourth-order valence-corrected chi connectivity index (χ4v) is 2.26. The van der Waals surface area contributed by atoms with E-state index in [4.69, 9.17) is 0 Å². The highest BCUT2D eigenvalue weighted by molar-refractivity contribution is 5.94. The molecule has 2 heterocycles. The summed E-state index contributed by atoms with van der Waals surface area (Å²) in [7, 11) is 0. The average molecular weight is 254 g/mol. The molecule has 0 saturated carbocycles. The second-order valence-corrected chi connectivity index (χ2v) is 4.30. The minimum atomic E-state index is -0.0463. The van der Waals surface area contributed by atoms with Crippen LogP contribution >= 0.6 is 0 Å². The molecule has 0 fully saturated rings. The van der Waals surface area contributed by atoms with E-state index in [2.05, 4.69) is 26.4 Å². The van der Waals surface area contributed by atoms with Gasteiger partial charge in [-0.3, -0.25) is 4.79 Å². The number of para-hydroxylation sites is 2. The zero-order valence-corrected chi connectivity index (χ0v) is 10.6. The van der Waals surface area contributed by atoms with Crippen LogP contribution in [0.2, 0.25) is 0 Å². The molecule has 0 saturated heterocycles. The first-order valence-electron chi connectivity index (χ1n) is 6.26. The first-order valence-corrected chi connectivity index (χ1v) is 6.26. The van der Waals surface area contributed by atoms with Crippen LogP contribution in [0.1, 0.15) is 23.4 Å². The second kappa shape index (κ2) is 4.68. The largest absolute Gasteiger partial charge is 0.342 e. The third kappa shape index (κ3) is 2.03. The van der Waals surface area contributed by atoms with Crippen LogP contribution in [0.3, 0.4) is 0 Å².